The first-order valence-electron chi connectivity index (χ1n) is 10.8. The molecule has 1 fully saturated rings. The smallest absolute Gasteiger partial charge is 0.260 e. The molecule has 0 saturated carbocycles. The molecule has 2 aromatic carbocycles. The van der Waals surface area contributed by atoms with Crippen molar-refractivity contribution >= 4 is 44.8 Å². The maximum Gasteiger partial charge on any atom is 0.260 e. The first-order chi connectivity index (χ1) is 15.6. The fourth-order valence-electron chi connectivity index (χ4n) is 3.48. The van der Waals surface area contributed by atoms with Crippen LogP contribution in [-0.4, -0.2) is 58.6 Å². The van der Waals surface area contributed by atoms with Crippen LogP contribution in [0.2, 0.25) is 10.0 Å². The van der Waals surface area contributed by atoms with E-state index in [1.54, 1.807) is 4.90 Å². The van der Waals surface area contributed by atoms with Gasteiger partial charge in [-0.05, 0) is 48.7 Å². The highest BCUT2D eigenvalue weighted by molar-refractivity contribution is 7.89. The molecule has 1 heterocycles. The number of benzene rings is 2. The minimum atomic E-state index is -3.66. The van der Waals surface area contributed by atoms with Crippen molar-refractivity contribution in [2.45, 2.75) is 25.7 Å². The van der Waals surface area contributed by atoms with E-state index < -0.39 is 10.0 Å². The lowest BCUT2D eigenvalue weighted by molar-refractivity contribution is -0.133. The number of nitrogens with zero attached hydrogens (tertiary/aromatic N) is 2. The van der Waals surface area contributed by atoms with Gasteiger partial charge in [-0.15, -0.1) is 0 Å². The van der Waals surface area contributed by atoms with Gasteiger partial charge in [0, 0.05) is 43.4 Å². The standard InChI is InChI=1S/C23H29Cl2N3O4S/c1-16(2)14-26-33(30,31)19-6-7-22(20(25)13-19)32-15-23(29)28-10-8-27(9-11-28)21-12-18(24)5-4-17(21)3/h4-7,12-13,16,26H,8-11,14-15H2,1-3H3. The molecule has 0 aromatic heterocycles. The van der Waals surface area contributed by atoms with Gasteiger partial charge in [0.15, 0.2) is 6.61 Å². The molecule has 0 spiro atoms. The Kier molecular flexibility index (Phi) is 8.50. The lowest BCUT2D eigenvalue weighted by atomic mass is 10.1. The fourth-order valence-corrected chi connectivity index (χ4v) is 5.18. The first-order valence-corrected chi connectivity index (χ1v) is 13.0. The van der Waals surface area contributed by atoms with Gasteiger partial charge in [-0.2, -0.15) is 0 Å². The van der Waals surface area contributed by atoms with E-state index >= 15 is 0 Å². The number of carbonyl (C=O) groups is 1. The zero-order valence-corrected chi connectivity index (χ0v) is 21.3. The van der Waals surface area contributed by atoms with Crippen LogP contribution in [0.4, 0.5) is 5.69 Å². The van der Waals surface area contributed by atoms with Crippen LogP contribution < -0.4 is 14.4 Å². The van der Waals surface area contributed by atoms with Gasteiger partial charge >= 0.3 is 0 Å². The number of halogens is 2. The zero-order valence-electron chi connectivity index (χ0n) is 19.0. The molecule has 7 nitrogen and oxygen atoms in total. The summed E-state index contributed by atoms with van der Waals surface area (Å²) in [5.41, 5.74) is 2.22. The number of aryl methyl sites for hydroxylation is 1. The molecule has 1 aliphatic rings. The number of hydrogen-bond acceptors (Lipinski definition) is 5. The number of amides is 1. The Morgan fingerprint density at radius 2 is 1.79 bits per heavy atom. The molecule has 1 aliphatic heterocycles. The van der Waals surface area contributed by atoms with Crippen molar-refractivity contribution in [1.82, 2.24) is 9.62 Å². The monoisotopic (exact) mass is 513 g/mol. The minimum Gasteiger partial charge on any atom is -0.482 e. The van der Waals surface area contributed by atoms with Gasteiger partial charge in [-0.3, -0.25) is 4.79 Å². The van der Waals surface area contributed by atoms with E-state index in [2.05, 4.69) is 9.62 Å². The van der Waals surface area contributed by atoms with E-state index in [1.165, 1.54) is 18.2 Å². The summed E-state index contributed by atoms with van der Waals surface area (Å²) >= 11 is 12.4. The average molecular weight is 514 g/mol. The number of sulfonamides is 1. The molecule has 0 atom stereocenters. The zero-order chi connectivity index (χ0) is 24.2. The molecule has 180 valence electrons. The van der Waals surface area contributed by atoms with Crippen molar-refractivity contribution in [3.63, 3.8) is 0 Å². The Balaban J connectivity index is 1.54. The van der Waals surface area contributed by atoms with Crippen LogP contribution in [-0.2, 0) is 14.8 Å². The van der Waals surface area contributed by atoms with E-state index in [1.807, 2.05) is 39.0 Å². The van der Waals surface area contributed by atoms with Crippen molar-refractivity contribution in [3.8, 4) is 5.75 Å². The van der Waals surface area contributed by atoms with Crippen LogP contribution in [0.25, 0.3) is 0 Å². The third-order valence-electron chi connectivity index (χ3n) is 5.39. The number of hydrogen-bond donors (Lipinski definition) is 1. The number of piperazine rings is 1. The summed E-state index contributed by atoms with van der Waals surface area (Å²) in [5, 5.41) is 0.824. The van der Waals surface area contributed by atoms with E-state index in [0.717, 1.165) is 11.3 Å². The Morgan fingerprint density at radius 3 is 2.42 bits per heavy atom. The Bertz CT molecular complexity index is 1100. The number of nitrogens with one attached hydrogen (secondary N) is 1. The van der Waals surface area contributed by atoms with E-state index in [9.17, 15) is 13.2 Å². The number of anilines is 1. The Labute approximate surface area is 205 Å². The molecule has 10 heteroatoms. The lowest BCUT2D eigenvalue weighted by Gasteiger charge is -2.36. The maximum atomic E-state index is 12.6. The summed E-state index contributed by atoms with van der Waals surface area (Å²) in [5.74, 6) is 0.296. The number of carbonyl (C=O) groups excluding carboxylic acids is 1. The van der Waals surface area contributed by atoms with Gasteiger partial charge in [0.05, 0.1) is 9.92 Å². The predicted octanol–water partition coefficient (Wildman–Crippen LogP) is 3.96. The largest absolute Gasteiger partial charge is 0.482 e. The van der Waals surface area contributed by atoms with Crippen molar-refractivity contribution in [3.05, 3.63) is 52.0 Å². The Morgan fingerprint density at radius 1 is 1.09 bits per heavy atom. The summed E-state index contributed by atoms with van der Waals surface area (Å²) in [6.07, 6.45) is 0. The van der Waals surface area contributed by atoms with E-state index in [0.29, 0.717) is 37.7 Å². The second kappa shape index (κ2) is 11.0. The highest BCUT2D eigenvalue weighted by atomic mass is 35.5. The second-order valence-electron chi connectivity index (χ2n) is 8.43. The highest BCUT2D eigenvalue weighted by Crippen LogP contribution is 2.28. The number of rotatable bonds is 8. The molecule has 2 aromatic rings. The van der Waals surface area contributed by atoms with Crippen molar-refractivity contribution in [2.24, 2.45) is 5.92 Å². The van der Waals surface area contributed by atoms with Gasteiger partial charge in [0.1, 0.15) is 5.75 Å². The summed E-state index contributed by atoms with van der Waals surface area (Å²) in [7, 11) is -3.66. The minimum absolute atomic E-state index is 0.0549. The van der Waals surface area contributed by atoms with E-state index in [4.69, 9.17) is 27.9 Å². The highest BCUT2D eigenvalue weighted by Gasteiger charge is 2.23. The van der Waals surface area contributed by atoms with Crippen LogP contribution in [0.1, 0.15) is 19.4 Å². The summed E-state index contributed by atoms with van der Waals surface area (Å²) < 4.78 is 32.8. The molecule has 1 saturated heterocycles. The lowest BCUT2D eigenvalue weighted by Crippen LogP contribution is -2.50. The molecule has 33 heavy (non-hydrogen) atoms. The molecular weight excluding hydrogens is 485 g/mol. The molecule has 1 amide bonds. The third kappa shape index (κ3) is 6.76. The number of ether oxygens (including phenoxy) is 1. The topological polar surface area (TPSA) is 79.0 Å². The van der Waals surface area contributed by atoms with E-state index in [-0.39, 0.29) is 34.1 Å². The molecular formula is C23H29Cl2N3O4S. The molecule has 0 bridgehead atoms. The maximum absolute atomic E-state index is 12.6. The van der Waals surface area contributed by atoms with Crippen LogP contribution >= 0.6 is 23.2 Å². The van der Waals surface area contributed by atoms with Gasteiger partial charge in [0.2, 0.25) is 10.0 Å². The van der Waals surface area contributed by atoms with Crippen LogP contribution in [0.3, 0.4) is 0 Å². The summed E-state index contributed by atoms with van der Waals surface area (Å²) in [6, 6.07) is 10.0. The normalized spacial score (nSPS) is 14.6. The van der Waals surface area contributed by atoms with Crippen molar-refractivity contribution < 1.29 is 17.9 Å². The molecule has 0 unspecified atom stereocenters. The average Bonchev–Trinajstić information content (AvgIpc) is 2.78. The third-order valence-corrected chi connectivity index (χ3v) is 7.34. The van der Waals surface area contributed by atoms with Gasteiger partial charge in [-0.25, -0.2) is 13.1 Å². The van der Waals surface area contributed by atoms with Gasteiger partial charge in [0.25, 0.3) is 5.91 Å². The quantitative estimate of drug-likeness (QED) is 0.577. The van der Waals surface area contributed by atoms with Gasteiger partial charge < -0.3 is 14.5 Å². The van der Waals surface area contributed by atoms with Crippen LogP contribution in [0, 0.1) is 12.8 Å². The fraction of sp³-hybridized carbons (Fsp3) is 0.435. The molecule has 3 rings (SSSR count). The molecule has 0 radical (unpaired) electrons. The predicted molar refractivity (Wildman–Crippen MR) is 132 cm³/mol. The van der Waals surface area contributed by atoms with Crippen LogP contribution in [0.5, 0.6) is 5.75 Å². The summed E-state index contributed by atoms with van der Waals surface area (Å²) in [4.78, 5) is 16.7. The van der Waals surface area contributed by atoms with Gasteiger partial charge in [-0.1, -0.05) is 43.1 Å². The van der Waals surface area contributed by atoms with Crippen molar-refractivity contribution in [2.75, 3.05) is 44.2 Å². The summed E-state index contributed by atoms with van der Waals surface area (Å²) in [6.45, 7) is 8.57. The first kappa shape index (κ1) is 25.6. The second-order valence-corrected chi connectivity index (χ2v) is 11.0. The SMILES string of the molecule is Cc1ccc(Cl)cc1N1CCN(C(=O)COc2ccc(S(=O)(=O)NCC(C)C)cc2Cl)CC1. The van der Waals surface area contributed by atoms with Crippen LogP contribution in [0.15, 0.2) is 41.3 Å². The Hall–Kier alpha value is -2.00. The van der Waals surface area contributed by atoms with Crippen molar-refractivity contribution in [1.29, 1.82) is 0 Å². The molecule has 0 aliphatic carbocycles. The molecule has 1 N–H and O–H groups in total.